The summed E-state index contributed by atoms with van der Waals surface area (Å²) in [6.45, 7) is 14.8. The number of morpholine rings is 3. The summed E-state index contributed by atoms with van der Waals surface area (Å²) in [5.41, 5.74) is 14.0. The van der Waals surface area contributed by atoms with Crippen LogP contribution in [-0.2, 0) is 87.9 Å². The minimum absolute atomic E-state index is 0. The van der Waals surface area contributed by atoms with Crippen LogP contribution in [0, 0.1) is 22.7 Å². The number of nitrogens with one attached hydrogen (secondary N) is 5. The van der Waals surface area contributed by atoms with Crippen LogP contribution < -0.4 is 181 Å². The first-order valence-corrected chi connectivity index (χ1v) is 51.1. The summed E-state index contributed by atoms with van der Waals surface area (Å²) in [6, 6.07) is 28.2. The molecule has 4 aromatic carbocycles. The number of carboxylic acids is 2. The standard InChI is InChI=1S/C22H29ClN4O5.C12H13ClN2O4.C11H20ClNO2.C11H19NO2.C10H18N2O2.C9H10O2.C7H15N.C6H4ClNO.C5H9NO3.C4H6Cl2O2.CH2O3.2Cs.H/c23-14-1-3-16(4-2-14)25-22(31)27-12-18(28)11-19(27)21(30)24-15-5-7-17(8-6-15)26-9-10-32-13-20(26)29;13-7-1-3-8(4-2-7)14-12(19)15-6-9(16)5-10(15)11(17)18;1-9-2-4-10(5-3-9)13-11(14)8-15-7-6-12;1-9-2-4-10(5-3-9)12-6-7-14-8-11(12)13;11-8-1-3-9(4-2-8)12-5-6-14-7-10(12)13;1-8(10)11-7-9-5-3-2-4-6-9;1-6-2-4-7(8)5-3-6;7-5-1-3-6(8-9)4-2-5;7-3-1-4(5(8)9)6-2-3;5-1-2-8-3-4(6)7;2-1-4-3;;;/h1-4,15,17-19,28H,5-13H2,(H,24,30)(H,25,31);1-4,9-10,16H,5-6H2,(H,14,19)(H,17,18);9-10H,2-8H2,1H3,(H,13,14);9-10H,2-8H2,1H3;8-9H,1-7,11H2;2-6H,7H2,1H3;6-7H,2-5,8H2,1H3;1-4H;3-4,6-7H,1-2H2,(H,8,9);1-3H2;1,3H;;;/q;;;;;;;;;;;2*+1;-1/p-1/t15?,17?,18-,19-;9-,10-;;;;;;;3-,4-;;;;;/m11......1...../s1. The fraction of sp³-hybridized carbons (Fsp3) is 0.633. The molecule has 0 radical (unpaired) electrons. The molecule has 802 valence electrons. The average molecular weight is 2400 g/mol. The number of nitrogens with two attached hydrogens (primary N) is 2. The largest absolute Gasteiger partial charge is 1.00 e. The molecule has 9 amide bonds. The van der Waals surface area contributed by atoms with E-state index in [0.29, 0.717) is 133 Å². The second-order valence-corrected chi connectivity index (χ2v) is 38.8. The van der Waals surface area contributed by atoms with Crippen LogP contribution in [0.4, 0.5) is 26.7 Å². The summed E-state index contributed by atoms with van der Waals surface area (Å²) in [4.78, 5) is 155. The molecular weight excluding hydrogens is 2250 g/mol. The van der Waals surface area contributed by atoms with Gasteiger partial charge in [0, 0.05) is 146 Å². The molecule has 6 aliphatic heterocycles. The Balaban J connectivity index is 0.000000563. The number of nitroso groups, excluding NO2 is 1. The van der Waals surface area contributed by atoms with Gasteiger partial charge in [-0.15, -0.1) is 28.1 Å². The summed E-state index contributed by atoms with van der Waals surface area (Å²) in [7, 11) is 0. The molecule has 0 aromatic heterocycles. The molecule has 6 atom stereocenters. The van der Waals surface area contributed by atoms with Gasteiger partial charge < -0.3 is 128 Å². The fourth-order valence-corrected chi connectivity index (χ4v) is 17.8. The van der Waals surface area contributed by atoms with Crippen LogP contribution in [0.25, 0.3) is 0 Å². The van der Waals surface area contributed by atoms with E-state index in [2.05, 4.69) is 62.2 Å². The van der Waals surface area contributed by atoms with E-state index in [1.165, 1.54) is 76.0 Å². The van der Waals surface area contributed by atoms with Crippen LogP contribution in [0.5, 0.6) is 0 Å². The van der Waals surface area contributed by atoms with Gasteiger partial charge in [0.2, 0.25) is 34.8 Å². The number of carbonyl (C=O) groups is 12. The number of nitrogens with zero attached hydrogens (tertiary/aromatic N) is 6. The Kier molecular flexibility index (Phi) is 71.9. The van der Waals surface area contributed by atoms with Gasteiger partial charge in [-0.05, 0) is 241 Å². The van der Waals surface area contributed by atoms with Crippen molar-refractivity contribution in [2.24, 2.45) is 34.4 Å². The number of β-amino-alcohol motifs (C(OH)–C–C–N with tert-alkyl or cyclic N) is 3. The van der Waals surface area contributed by atoms with Crippen molar-refractivity contribution >= 4 is 158 Å². The minimum atomic E-state index is -1.12. The van der Waals surface area contributed by atoms with Gasteiger partial charge in [0.05, 0.1) is 51.3 Å². The van der Waals surface area contributed by atoms with Crippen molar-refractivity contribution in [1.29, 1.82) is 0 Å². The van der Waals surface area contributed by atoms with Crippen molar-refractivity contribution in [2.45, 2.75) is 261 Å². The van der Waals surface area contributed by atoms with E-state index in [1.54, 1.807) is 72.8 Å². The van der Waals surface area contributed by atoms with Crippen LogP contribution in [0.3, 0.4) is 0 Å². The number of amides is 9. The number of benzene rings is 4. The van der Waals surface area contributed by atoms with E-state index >= 15 is 0 Å². The van der Waals surface area contributed by atoms with Crippen LogP contribution in [0.2, 0.25) is 15.1 Å². The third-order valence-corrected chi connectivity index (χ3v) is 26.2. The number of aliphatic hydroxyl groups excluding tert-OH is 3. The predicted molar refractivity (Wildman–Crippen MR) is 540 cm³/mol. The number of ether oxygens (including phenoxy) is 6. The van der Waals surface area contributed by atoms with Gasteiger partial charge >= 0.3 is 168 Å². The number of hydrogen-bond acceptors (Lipinski definition) is 28. The number of aliphatic hydroxyl groups is 3. The van der Waals surface area contributed by atoms with E-state index in [1.807, 2.05) is 45.0 Å². The fourth-order valence-electron chi connectivity index (χ4n) is 17.1. The summed E-state index contributed by atoms with van der Waals surface area (Å²) in [5.74, 6) is 1.29. The summed E-state index contributed by atoms with van der Waals surface area (Å²) >= 11 is 32.7. The average Bonchev–Trinajstić information content (AvgIpc) is 1.76. The maximum atomic E-state index is 13.0. The molecular formula is C98H145Cl6Cs2N13O26. The molecule has 11 fully saturated rings. The monoisotopic (exact) mass is 2400 g/mol. The molecule has 0 unspecified atom stereocenters. The SMILES string of the molecule is CC(=O)OCc1ccccc1.CC1CCC(N)CC1.CC1CCC(N2CCOCC2=O)CC1.CC1CCC(NC(=O)COCCCl)CC1.NC1CCC(N2CCOCC2=O)CC1.O=C(Cl)COCCCl.O=C(NC1CCC(N2CCOCC2=O)CC1)[C@H]1C[C@@H](O)CN1C(=O)Nc1ccc(Cl)cc1.O=C(O)[C@H]1C[C@@H](O)CN1.O=C(O)[C@H]1C[C@@H](O)CN1C(=O)Nc1ccc(Cl)cc1.O=CO[O-].O=Nc1ccc(Cl)cc1.[Cs+].[Cs+].[H-]. The van der Waals surface area contributed by atoms with Crippen molar-refractivity contribution in [2.75, 3.05) is 128 Å². The summed E-state index contributed by atoms with van der Waals surface area (Å²) < 4.78 is 29.9. The zero-order valence-corrected chi connectivity index (χ0v) is 101. The maximum absolute atomic E-state index is 13.0. The van der Waals surface area contributed by atoms with Crippen LogP contribution in [-0.4, -0.2) is 317 Å². The quantitative estimate of drug-likeness (QED) is 0.00732. The Morgan fingerprint density at radius 2 is 0.897 bits per heavy atom. The van der Waals surface area contributed by atoms with Crippen LogP contribution in [0.1, 0.15) is 182 Å². The summed E-state index contributed by atoms with van der Waals surface area (Å²) in [6.07, 6.45) is 20.7. The number of aliphatic carboxylic acids is 2. The van der Waals surface area contributed by atoms with E-state index in [4.69, 9.17) is 130 Å². The molecule has 145 heavy (non-hydrogen) atoms. The predicted octanol–water partition coefficient (Wildman–Crippen LogP) is 4.83. The van der Waals surface area contributed by atoms with Crippen LogP contribution in [0.15, 0.2) is 108 Å². The molecule has 14 N–H and O–H groups in total. The van der Waals surface area contributed by atoms with Gasteiger partial charge in [-0.2, -0.15) is 0 Å². The van der Waals surface area contributed by atoms with Crippen LogP contribution >= 0.6 is 69.6 Å². The zero-order chi connectivity index (χ0) is 105. The van der Waals surface area contributed by atoms with Gasteiger partial charge in [0.25, 0.3) is 6.47 Å². The maximum Gasteiger partial charge on any atom is 1.00 e. The number of anilines is 2. The normalized spacial score (nSPS) is 24.9. The number of carbonyl (C=O) groups excluding carboxylic acids is 10. The summed E-state index contributed by atoms with van der Waals surface area (Å²) in [5, 5.41) is 72.1. The van der Waals surface area contributed by atoms with Gasteiger partial charge in [-0.25, -0.2) is 14.4 Å². The second kappa shape index (κ2) is 77.6. The van der Waals surface area contributed by atoms with Crippen molar-refractivity contribution in [3.05, 3.63) is 129 Å². The molecule has 47 heteroatoms. The molecule has 6 saturated heterocycles. The number of rotatable bonds is 22. The first-order valence-electron chi connectivity index (χ1n) is 48.5. The number of urea groups is 2. The first-order chi connectivity index (χ1) is 68.4. The number of hydrogen-bond donors (Lipinski definition) is 12. The zero-order valence-electron chi connectivity index (χ0n) is 84.7. The van der Waals surface area contributed by atoms with Crippen molar-refractivity contribution in [3.63, 3.8) is 0 Å². The molecule has 0 bridgehead atoms. The van der Waals surface area contributed by atoms with Gasteiger partial charge in [-0.3, -0.25) is 43.2 Å². The molecule has 5 aliphatic carbocycles. The van der Waals surface area contributed by atoms with Crippen molar-refractivity contribution < 1.29 is 261 Å². The van der Waals surface area contributed by atoms with E-state index < -0.39 is 65.7 Å². The van der Waals surface area contributed by atoms with Crippen molar-refractivity contribution in [3.8, 4) is 0 Å². The molecule has 5 saturated carbocycles. The third-order valence-electron chi connectivity index (χ3n) is 25.0. The molecule has 11 aliphatic rings. The first kappa shape index (κ1) is 134. The molecule has 4 aromatic rings. The van der Waals surface area contributed by atoms with E-state index in [0.717, 1.165) is 112 Å². The number of carboxylic acid groups (broad SMARTS) is 2. The molecule has 0 spiro atoms. The second-order valence-electron chi connectivity index (χ2n) is 36.3. The molecule has 15 rings (SSSR count). The Morgan fingerprint density at radius 1 is 0.524 bits per heavy atom. The topological polar surface area (TPSA) is 551 Å². The van der Waals surface area contributed by atoms with E-state index in [-0.39, 0.29) is 246 Å². The molecule has 39 nitrogen and oxygen atoms in total. The van der Waals surface area contributed by atoms with E-state index in [9.17, 15) is 67.9 Å². The number of esters is 1. The number of halogens is 6. The minimum Gasteiger partial charge on any atom is -1.00 e. The Hall–Kier alpha value is -4.72. The van der Waals surface area contributed by atoms with Gasteiger partial charge in [0.15, 0.2) is 0 Å². The third kappa shape index (κ3) is 56.6. The van der Waals surface area contributed by atoms with Gasteiger partial charge in [-0.1, -0.05) is 85.9 Å². The Labute approximate surface area is 998 Å². The van der Waals surface area contributed by atoms with Gasteiger partial charge in [0.1, 0.15) is 63.5 Å². The smallest absolute Gasteiger partial charge is 1.00 e. The van der Waals surface area contributed by atoms with Crippen molar-refractivity contribution in [1.82, 2.24) is 40.4 Å². The number of likely N-dealkylation sites (tertiary alicyclic amines) is 2. The number of alkyl halides is 2. The molecule has 6 heterocycles. The Morgan fingerprint density at radius 3 is 1.26 bits per heavy atom. The Bertz CT molecular complexity index is 4360.